The van der Waals surface area contributed by atoms with Gasteiger partial charge in [-0.25, -0.2) is 0 Å². The average molecular weight is 698 g/mol. The molecule has 1 nitrogen and oxygen atoms in total. The zero-order chi connectivity index (χ0) is 34.2. The van der Waals surface area contributed by atoms with Crippen LogP contribution >= 0.6 is 23.5 Å². The average Bonchev–Trinajstić information content (AvgIpc) is 3.54. The summed E-state index contributed by atoms with van der Waals surface area (Å²) in [5.74, 6) is 0. The van der Waals surface area contributed by atoms with Crippen molar-refractivity contribution in [2.75, 3.05) is 0 Å². The Labute approximate surface area is 311 Å². The Balaban J connectivity index is 1.24. The van der Waals surface area contributed by atoms with Crippen molar-refractivity contribution in [1.29, 1.82) is 0 Å². The highest BCUT2D eigenvalue weighted by Gasteiger charge is 2.50. The molecule has 52 heavy (non-hydrogen) atoms. The lowest BCUT2D eigenvalue weighted by atomic mass is 9.62. The van der Waals surface area contributed by atoms with E-state index >= 15 is 0 Å². The summed E-state index contributed by atoms with van der Waals surface area (Å²) in [6.07, 6.45) is 0. The van der Waals surface area contributed by atoms with E-state index in [1.165, 1.54) is 91.6 Å². The SMILES string of the molecule is c1ccc(-c2ccc3c(c2)Sc2ccccc2C32c3ccccc3Sc3cccc(-c4ccc5c6ccccc6n(-c6ccccc6)c5c4)c32)cc1. The Bertz CT molecular complexity index is 2840. The van der Waals surface area contributed by atoms with Crippen molar-refractivity contribution in [3.8, 4) is 27.9 Å². The largest absolute Gasteiger partial charge is 0.309 e. The van der Waals surface area contributed by atoms with Crippen LogP contribution in [0.1, 0.15) is 22.3 Å². The summed E-state index contributed by atoms with van der Waals surface area (Å²) in [5, 5.41) is 2.53. The molecule has 0 N–H and O–H groups in total. The molecule has 0 saturated heterocycles. The lowest BCUT2D eigenvalue weighted by Gasteiger charge is -2.46. The number of hydrogen-bond donors (Lipinski definition) is 0. The van der Waals surface area contributed by atoms with Gasteiger partial charge in [0.25, 0.3) is 0 Å². The topological polar surface area (TPSA) is 4.93 Å². The highest BCUT2D eigenvalue weighted by molar-refractivity contribution is 8.00. The molecule has 0 bridgehead atoms. The Kier molecular flexibility index (Phi) is 6.70. The Morgan fingerprint density at radius 3 is 1.75 bits per heavy atom. The van der Waals surface area contributed by atoms with Crippen LogP contribution < -0.4 is 0 Å². The van der Waals surface area contributed by atoms with E-state index in [2.05, 4.69) is 193 Å². The van der Waals surface area contributed by atoms with E-state index in [1.807, 2.05) is 23.5 Å². The lowest BCUT2D eigenvalue weighted by Crippen LogP contribution is -2.37. The van der Waals surface area contributed by atoms with Gasteiger partial charge in [-0.05, 0) is 93.0 Å². The molecule has 1 aromatic heterocycles. The zero-order valence-electron chi connectivity index (χ0n) is 28.2. The molecular weight excluding hydrogens is 667 g/mol. The number of hydrogen-bond acceptors (Lipinski definition) is 2. The van der Waals surface area contributed by atoms with Crippen LogP contribution in [0.25, 0.3) is 49.7 Å². The van der Waals surface area contributed by atoms with Crippen LogP contribution in [0.15, 0.2) is 208 Å². The summed E-state index contributed by atoms with van der Waals surface area (Å²) in [7, 11) is 0. The van der Waals surface area contributed by atoms with Gasteiger partial charge in [0, 0.05) is 36.0 Å². The number of nitrogens with zero attached hydrogens (tertiary/aromatic N) is 1. The molecule has 2 aliphatic heterocycles. The molecule has 3 heteroatoms. The van der Waals surface area contributed by atoms with Crippen LogP contribution in [0.5, 0.6) is 0 Å². The van der Waals surface area contributed by atoms with Gasteiger partial charge in [0.15, 0.2) is 0 Å². The van der Waals surface area contributed by atoms with Crippen LogP contribution in [0.3, 0.4) is 0 Å². The molecule has 11 rings (SSSR count). The first-order valence-corrected chi connectivity index (χ1v) is 19.4. The zero-order valence-corrected chi connectivity index (χ0v) is 29.8. The Hall–Kier alpha value is -5.74. The summed E-state index contributed by atoms with van der Waals surface area (Å²) in [4.78, 5) is 5.23. The molecule has 244 valence electrons. The van der Waals surface area contributed by atoms with E-state index in [9.17, 15) is 0 Å². The van der Waals surface area contributed by atoms with Gasteiger partial charge in [-0.1, -0.05) is 163 Å². The Morgan fingerprint density at radius 1 is 0.365 bits per heavy atom. The monoisotopic (exact) mass is 697 g/mol. The maximum atomic E-state index is 2.43. The van der Waals surface area contributed by atoms with E-state index in [4.69, 9.17) is 0 Å². The molecule has 1 spiro atoms. The van der Waals surface area contributed by atoms with Gasteiger partial charge in [-0.2, -0.15) is 0 Å². The smallest absolute Gasteiger partial charge is 0.0751 e. The molecule has 0 amide bonds. The summed E-state index contributed by atoms with van der Waals surface area (Å²) >= 11 is 3.81. The molecule has 0 saturated carbocycles. The third-order valence-electron chi connectivity index (χ3n) is 10.9. The first-order valence-electron chi connectivity index (χ1n) is 17.8. The van der Waals surface area contributed by atoms with Gasteiger partial charge in [0.1, 0.15) is 0 Å². The standard InChI is InChI=1S/C49H31NS2/c1-3-14-32(15-4-1)33-27-29-41-47(31-33)52-45-24-12-9-21-40(45)49(41)39-20-8-11-23-44(39)51-46-25-13-19-36(48(46)49)34-26-28-38-37-18-7-10-22-42(37)50(43(38)30-34)35-16-5-2-6-17-35/h1-31H. The van der Waals surface area contributed by atoms with Crippen LogP contribution in [0.4, 0.5) is 0 Å². The van der Waals surface area contributed by atoms with Gasteiger partial charge in [0.2, 0.25) is 0 Å². The van der Waals surface area contributed by atoms with Crippen molar-refractivity contribution in [1.82, 2.24) is 4.57 Å². The van der Waals surface area contributed by atoms with E-state index in [-0.39, 0.29) is 0 Å². The van der Waals surface area contributed by atoms with Gasteiger partial charge < -0.3 is 4.57 Å². The van der Waals surface area contributed by atoms with E-state index in [0.29, 0.717) is 0 Å². The van der Waals surface area contributed by atoms with Gasteiger partial charge in [-0.3, -0.25) is 0 Å². The maximum Gasteiger partial charge on any atom is 0.0751 e. The third kappa shape index (κ3) is 4.27. The fraction of sp³-hybridized carbons (Fsp3) is 0.0204. The number of para-hydroxylation sites is 2. The molecule has 1 unspecified atom stereocenters. The fourth-order valence-corrected chi connectivity index (χ4v) is 11.2. The molecular formula is C49H31NS2. The molecule has 9 aromatic rings. The van der Waals surface area contributed by atoms with Gasteiger partial charge in [-0.15, -0.1) is 0 Å². The second-order valence-electron chi connectivity index (χ2n) is 13.6. The van der Waals surface area contributed by atoms with Crippen molar-refractivity contribution >= 4 is 45.3 Å². The molecule has 8 aromatic carbocycles. The minimum atomic E-state index is -0.513. The highest BCUT2D eigenvalue weighted by atomic mass is 32.2. The quantitative estimate of drug-likeness (QED) is 0.181. The number of fused-ring (bicyclic) bond motifs is 11. The van der Waals surface area contributed by atoms with Crippen LogP contribution in [0.2, 0.25) is 0 Å². The first kappa shape index (κ1) is 29.9. The fourth-order valence-electron chi connectivity index (χ4n) is 8.77. The Morgan fingerprint density at radius 2 is 0.962 bits per heavy atom. The highest BCUT2D eigenvalue weighted by Crippen LogP contribution is 2.63. The number of benzene rings is 8. The maximum absolute atomic E-state index is 2.43. The van der Waals surface area contributed by atoms with Crippen molar-refractivity contribution < 1.29 is 0 Å². The predicted octanol–water partition coefficient (Wildman–Crippen LogP) is 13.4. The third-order valence-corrected chi connectivity index (χ3v) is 13.2. The van der Waals surface area contributed by atoms with Gasteiger partial charge in [0.05, 0.1) is 16.4 Å². The van der Waals surface area contributed by atoms with Crippen molar-refractivity contribution in [3.63, 3.8) is 0 Å². The van der Waals surface area contributed by atoms with E-state index in [0.717, 1.165) is 0 Å². The molecule has 2 aliphatic rings. The lowest BCUT2D eigenvalue weighted by molar-refractivity contribution is 0.669. The predicted molar refractivity (Wildman–Crippen MR) is 218 cm³/mol. The summed E-state index contributed by atoms with van der Waals surface area (Å²) in [6, 6.07) is 69.8. The summed E-state index contributed by atoms with van der Waals surface area (Å²) in [6.45, 7) is 0. The number of aromatic nitrogens is 1. The minimum Gasteiger partial charge on any atom is -0.309 e. The van der Waals surface area contributed by atoms with Crippen LogP contribution in [-0.2, 0) is 5.41 Å². The second-order valence-corrected chi connectivity index (χ2v) is 15.8. The van der Waals surface area contributed by atoms with Crippen molar-refractivity contribution in [2.45, 2.75) is 25.0 Å². The van der Waals surface area contributed by atoms with Crippen LogP contribution in [0, 0.1) is 0 Å². The number of rotatable bonds is 3. The first-order chi connectivity index (χ1) is 25.8. The normalized spacial score (nSPS) is 15.6. The molecule has 0 radical (unpaired) electrons. The summed E-state index contributed by atoms with van der Waals surface area (Å²) in [5.41, 5.74) is 13.5. The molecule has 1 atom stereocenters. The van der Waals surface area contributed by atoms with Crippen LogP contribution in [-0.4, -0.2) is 4.57 Å². The van der Waals surface area contributed by atoms with E-state index < -0.39 is 5.41 Å². The van der Waals surface area contributed by atoms with Crippen molar-refractivity contribution in [3.05, 3.63) is 210 Å². The van der Waals surface area contributed by atoms with Crippen molar-refractivity contribution in [2.24, 2.45) is 0 Å². The summed E-state index contributed by atoms with van der Waals surface area (Å²) < 4.78 is 2.43. The minimum absolute atomic E-state index is 0.513. The van der Waals surface area contributed by atoms with Gasteiger partial charge >= 0.3 is 0 Å². The molecule has 0 aliphatic carbocycles. The molecule has 0 fully saturated rings. The second kappa shape index (κ2) is 11.6. The van der Waals surface area contributed by atoms with E-state index in [1.54, 1.807) is 0 Å². The molecule has 3 heterocycles.